The van der Waals surface area contributed by atoms with Gasteiger partial charge in [-0.3, -0.25) is 4.68 Å². The minimum Gasteiger partial charge on any atom is -0.263 e. The van der Waals surface area contributed by atoms with Crippen molar-refractivity contribution in [2.45, 2.75) is 33.2 Å². The molecule has 1 aromatic rings. The van der Waals surface area contributed by atoms with E-state index in [0.717, 1.165) is 5.69 Å². The summed E-state index contributed by atoms with van der Waals surface area (Å²) in [5.41, 5.74) is 1.47. The van der Waals surface area contributed by atoms with Crippen molar-refractivity contribution in [2.75, 3.05) is 0 Å². The molecule has 3 nitrogen and oxygen atoms in total. The molecule has 0 N–H and O–H groups in total. The van der Waals surface area contributed by atoms with E-state index in [2.05, 4.69) is 25.9 Å². The second kappa shape index (κ2) is 2.63. The van der Waals surface area contributed by atoms with E-state index in [1.807, 2.05) is 17.7 Å². The van der Waals surface area contributed by atoms with Crippen molar-refractivity contribution in [3.63, 3.8) is 0 Å². The third-order valence-corrected chi connectivity index (χ3v) is 1.64. The monoisotopic (exact) mass is 163 g/mol. The molecule has 0 atom stereocenters. The van der Waals surface area contributed by atoms with Gasteiger partial charge in [0.25, 0.3) is 0 Å². The summed E-state index contributed by atoms with van der Waals surface area (Å²) in [6.45, 7) is 8.15. The van der Waals surface area contributed by atoms with Crippen molar-refractivity contribution in [1.29, 1.82) is 5.26 Å². The van der Waals surface area contributed by atoms with Gasteiger partial charge in [-0.15, -0.1) is 0 Å². The van der Waals surface area contributed by atoms with Crippen molar-refractivity contribution < 1.29 is 0 Å². The smallest absolute Gasteiger partial charge is 0.162 e. The summed E-state index contributed by atoms with van der Waals surface area (Å²) >= 11 is 0. The maximum Gasteiger partial charge on any atom is 0.162 e. The summed E-state index contributed by atoms with van der Waals surface area (Å²) in [6, 6.07) is 3.83. The van der Waals surface area contributed by atoms with Crippen LogP contribution in [0.1, 0.15) is 32.2 Å². The van der Waals surface area contributed by atoms with Gasteiger partial charge >= 0.3 is 0 Å². The predicted molar refractivity (Wildman–Crippen MR) is 46.7 cm³/mol. The normalized spacial score (nSPS) is 11.2. The largest absolute Gasteiger partial charge is 0.263 e. The van der Waals surface area contributed by atoms with Gasteiger partial charge in [0.1, 0.15) is 6.07 Å². The van der Waals surface area contributed by atoms with E-state index in [1.165, 1.54) is 0 Å². The maximum absolute atomic E-state index is 8.62. The molecule has 0 unspecified atom stereocenters. The van der Waals surface area contributed by atoms with Crippen LogP contribution in [0.15, 0.2) is 6.07 Å². The highest BCUT2D eigenvalue weighted by molar-refractivity contribution is 5.22. The molecule has 0 aromatic carbocycles. The Morgan fingerprint density at radius 1 is 1.50 bits per heavy atom. The van der Waals surface area contributed by atoms with Crippen molar-refractivity contribution in [1.82, 2.24) is 9.78 Å². The number of aryl methyl sites for hydroxylation is 1. The minimum atomic E-state index is -0.0425. The van der Waals surface area contributed by atoms with Gasteiger partial charge in [-0.2, -0.15) is 10.4 Å². The van der Waals surface area contributed by atoms with Gasteiger partial charge in [-0.05, 0) is 33.8 Å². The topological polar surface area (TPSA) is 41.6 Å². The van der Waals surface area contributed by atoms with Crippen LogP contribution in [0, 0.1) is 18.3 Å². The van der Waals surface area contributed by atoms with Gasteiger partial charge < -0.3 is 0 Å². The molecule has 64 valence electrons. The Labute approximate surface area is 72.6 Å². The highest BCUT2D eigenvalue weighted by Gasteiger charge is 2.16. The zero-order valence-corrected chi connectivity index (χ0v) is 7.92. The van der Waals surface area contributed by atoms with Gasteiger partial charge in [-0.25, -0.2) is 0 Å². The standard InChI is InChI=1S/C9H13N3/c1-7-5-8(6-10)11-12(7)9(2,3)4/h5H,1-4H3. The summed E-state index contributed by atoms with van der Waals surface area (Å²) in [4.78, 5) is 0. The number of nitriles is 1. The summed E-state index contributed by atoms with van der Waals surface area (Å²) < 4.78 is 1.87. The van der Waals surface area contributed by atoms with E-state index < -0.39 is 0 Å². The SMILES string of the molecule is Cc1cc(C#N)nn1C(C)(C)C. The van der Waals surface area contributed by atoms with Crippen LogP contribution in [-0.2, 0) is 5.54 Å². The van der Waals surface area contributed by atoms with Crippen LogP contribution in [0.2, 0.25) is 0 Å². The molecule has 1 heterocycles. The van der Waals surface area contributed by atoms with Crippen LogP contribution in [0.3, 0.4) is 0 Å². The molecule has 0 saturated heterocycles. The fraction of sp³-hybridized carbons (Fsp3) is 0.556. The van der Waals surface area contributed by atoms with Crippen molar-refractivity contribution in [3.05, 3.63) is 17.5 Å². The summed E-state index contributed by atoms with van der Waals surface area (Å²) in [7, 11) is 0. The van der Waals surface area contributed by atoms with Crippen molar-refractivity contribution in [3.8, 4) is 6.07 Å². The van der Waals surface area contributed by atoms with E-state index in [1.54, 1.807) is 6.07 Å². The van der Waals surface area contributed by atoms with Gasteiger partial charge in [0.05, 0.1) is 5.54 Å². The molecule has 0 aliphatic carbocycles. The molecular weight excluding hydrogens is 150 g/mol. The summed E-state index contributed by atoms with van der Waals surface area (Å²) in [6.07, 6.45) is 0. The van der Waals surface area contributed by atoms with E-state index in [9.17, 15) is 0 Å². The number of hydrogen-bond donors (Lipinski definition) is 0. The van der Waals surface area contributed by atoms with Crippen molar-refractivity contribution in [2.24, 2.45) is 0 Å². The molecule has 0 radical (unpaired) electrons. The van der Waals surface area contributed by atoms with E-state index in [4.69, 9.17) is 5.26 Å². The average molecular weight is 163 g/mol. The lowest BCUT2D eigenvalue weighted by molar-refractivity contribution is 0.347. The Kier molecular flexibility index (Phi) is 1.93. The minimum absolute atomic E-state index is 0.0425. The Morgan fingerprint density at radius 2 is 2.08 bits per heavy atom. The fourth-order valence-electron chi connectivity index (χ4n) is 1.21. The molecule has 0 aliphatic heterocycles. The summed E-state index contributed by atoms with van der Waals surface area (Å²) in [5, 5.41) is 12.8. The lowest BCUT2D eigenvalue weighted by Gasteiger charge is -2.20. The maximum atomic E-state index is 8.62. The van der Waals surface area contributed by atoms with Gasteiger partial charge in [-0.1, -0.05) is 0 Å². The van der Waals surface area contributed by atoms with Crippen LogP contribution in [0.5, 0.6) is 0 Å². The zero-order chi connectivity index (χ0) is 9.35. The Bertz CT molecular complexity index is 323. The van der Waals surface area contributed by atoms with E-state index >= 15 is 0 Å². The van der Waals surface area contributed by atoms with Crippen LogP contribution < -0.4 is 0 Å². The Hall–Kier alpha value is -1.30. The summed E-state index contributed by atoms with van der Waals surface area (Å²) in [5.74, 6) is 0. The van der Waals surface area contributed by atoms with Crippen LogP contribution in [0.4, 0.5) is 0 Å². The highest BCUT2D eigenvalue weighted by Crippen LogP contribution is 2.15. The number of aromatic nitrogens is 2. The fourth-order valence-corrected chi connectivity index (χ4v) is 1.21. The molecule has 0 saturated carbocycles. The third-order valence-electron chi connectivity index (χ3n) is 1.64. The molecule has 0 bridgehead atoms. The second-order valence-corrected chi connectivity index (χ2v) is 3.87. The van der Waals surface area contributed by atoms with E-state index in [0.29, 0.717) is 5.69 Å². The van der Waals surface area contributed by atoms with Gasteiger partial charge in [0, 0.05) is 5.69 Å². The Balaban J connectivity index is 3.19. The molecular formula is C9H13N3. The van der Waals surface area contributed by atoms with Crippen molar-refractivity contribution >= 4 is 0 Å². The predicted octanol–water partition coefficient (Wildman–Crippen LogP) is 1.82. The lowest BCUT2D eigenvalue weighted by atomic mass is 10.1. The number of rotatable bonds is 0. The first kappa shape index (κ1) is 8.79. The first-order chi connectivity index (χ1) is 5.45. The molecule has 0 aliphatic rings. The molecule has 1 rings (SSSR count). The zero-order valence-electron chi connectivity index (χ0n) is 7.92. The third kappa shape index (κ3) is 1.48. The molecule has 12 heavy (non-hydrogen) atoms. The van der Waals surface area contributed by atoms with Gasteiger partial charge in [0.2, 0.25) is 0 Å². The van der Waals surface area contributed by atoms with Crippen LogP contribution in [0.25, 0.3) is 0 Å². The van der Waals surface area contributed by atoms with E-state index in [-0.39, 0.29) is 5.54 Å². The van der Waals surface area contributed by atoms with Crippen LogP contribution in [-0.4, -0.2) is 9.78 Å². The first-order valence-corrected chi connectivity index (χ1v) is 3.92. The quantitative estimate of drug-likeness (QED) is 0.585. The molecule has 1 aromatic heterocycles. The molecule has 3 heteroatoms. The van der Waals surface area contributed by atoms with Gasteiger partial charge in [0.15, 0.2) is 5.69 Å². The molecule has 0 fully saturated rings. The molecule has 0 amide bonds. The average Bonchev–Trinajstić information content (AvgIpc) is 2.29. The molecule has 0 spiro atoms. The Morgan fingerprint density at radius 3 is 2.33 bits per heavy atom. The number of nitrogens with zero attached hydrogens (tertiary/aromatic N) is 3. The highest BCUT2D eigenvalue weighted by atomic mass is 15.3. The first-order valence-electron chi connectivity index (χ1n) is 3.92. The number of hydrogen-bond acceptors (Lipinski definition) is 2. The second-order valence-electron chi connectivity index (χ2n) is 3.87. The van der Waals surface area contributed by atoms with Crippen LogP contribution >= 0.6 is 0 Å². The lowest BCUT2D eigenvalue weighted by Crippen LogP contribution is -2.24.